The second-order valence-corrected chi connectivity index (χ2v) is 5.02. The van der Waals surface area contributed by atoms with Crippen LogP contribution in [0.3, 0.4) is 0 Å². The molecule has 112 valence electrons. The molecule has 1 heterocycles. The van der Waals surface area contributed by atoms with Gasteiger partial charge in [0.05, 0.1) is 11.1 Å². The molecule has 0 atom stereocenters. The van der Waals surface area contributed by atoms with E-state index in [1.807, 2.05) is 0 Å². The zero-order chi connectivity index (χ0) is 15.7. The average molecular weight is 290 g/mol. The minimum Gasteiger partial charge on any atom is -0.334 e. The van der Waals surface area contributed by atoms with Crippen molar-refractivity contribution in [3.63, 3.8) is 0 Å². The molecule has 0 radical (unpaired) electrons. The topological polar surface area (TPSA) is 53.2 Å². The predicted octanol–water partition coefficient (Wildman–Crippen LogP) is 2.65. The molecule has 0 unspecified atom stereocenters. The van der Waals surface area contributed by atoms with Gasteiger partial charge in [-0.2, -0.15) is 13.2 Å². The summed E-state index contributed by atoms with van der Waals surface area (Å²) in [5.41, 5.74) is -2.65. The Morgan fingerprint density at radius 1 is 1.20 bits per heavy atom. The number of amides is 1. The molecule has 0 saturated heterocycles. The van der Waals surface area contributed by atoms with Crippen LogP contribution in [-0.4, -0.2) is 27.9 Å². The number of H-pyrrole nitrogens is 1. The molecule has 0 aliphatic carbocycles. The minimum absolute atomic E-state index is 0.254. The highest BCUT2D eigenvalue weighted by Gasteiger charge is 2.37. The Morgan fingerprint density at radius 2 is 1.70 bits per heavy atom. The third-order valence-electron chi connectivity index (χ3n) is 2.81. The number of alkyl halides is 3. The number of carbonyl (C=O) groups is 1. The molecule has 0 aliphatic rings. The Labute approximate surface area is 114 Å². The van der Waals surface area contributed by atoms with Gasteiger partial charge in [-0.1, -0.05) is 0 Å². The van der Waals surface area contributed by atoms with E-state index in [0.29, 0.717) is 6.07 Å². The highest BCUT2D eigenvalue weighted by molar-refractivity contribution is 5.96. The highest BCUT2D eigenvalue weighted by Crippen LogP contribution is 2.31. The van der Waals surface area contributed by atoms with Crippen LogP contribution in [-0.2, 0) is 6.18 Å². The summed E-state index contributed by atoms with van der Waals surface area (Å²) in [5, 5.41) is 0. The number of pyridine rings is 1. The third-order valence-corrected chi connectivity index (χ3v) is 2.81. The van der Waals surface area contributed by atoms with Crippen molar-refractivity contribution in [2.24, 2.45) is 0 Å². The zero-order valence-corrected chi connectivity index (χ0v) is 11.7. The second-order valence-electron chi connectivity index (χ2n) is 5.02. The molecular formula is C13H17F3N2O2. The summed E-state index contributed by atoms with van der Waals surface area (Å²) in [6.45, 7) is 6.88. The molecule has 7 heteroatoms. The van der Waals surface area contributed by atoms with Crippen molar-refractivity contribution in [2.75, 3.05) is 0 Å². The Balaban J connectivity index is 3.39. The SMILES string of the molecule is CC(C)N(C(=O)c1c[nH]c(=O)cc1C(F)(F)F)C(C)C. The van der Waals surface area contributed by atoms with E-state index in [1.165, 1.54) is 4.90 Å². The number of nitrogens with one attached hydrogen (secondary N) is 1. The standard InChI is InChI=1S/C13H17F3N2O2/c1-7(2)18(8(3)4)12(20)9-6-17-11(19)5-10(9)13(14,15)16/h5-8H,1-4H3,(H,17,19). The maximum absolute atomic E-state index is 12.9. The van der Waals surface area contributed by atoms with E-state index in [0.717, 1.165) is 6.20 Å². The summed E-state index contributed by atoms with van der Waals surface area (Å²) in [7, 11) is 0. The van der Waals surface area contributed by atoms with E-state index in [1.54, 1.807) is 27.7 Å². The second kappa shape index (κ2) is 5.68. The molecular weight excluding hydrogens is 273 g/mol. The fourth-order valence-electron chi connectivity index (χ4n) is 2.09. The number of rotatable bonds is 3. The molecule has 0 fully saturated rings. The fourth-order valence-corrected chi connectivity index (χ4v) is 2.09. The summed E-state index contributed by atoms with van der Waals surface area (Å²) in [4.78, 5) is 26.8. The van der Waals surface area contributed by atoms with Crippen molar-refractivity contribution in [2.45, 2.75) is 46.0 Å². The Kier molecular flexibility index (Phi) is 4.62. The van der Waals surface area contributed by atoms with Gasteiger partial charge in [0.2, 0.25) is 5.56 Å². The Bertz CT molecular complexity index is 539. The van der Waals surface area contributed by atoms with Gasteiger partial charge in [-0.15, -0.1) is 0 Å². The molecule has 1 aromatic rings. The number of carbonyl (C=O) groups excluding carboxylic acids is 1. The number of nitrogens with zero attached hydrogens (tertiary/aromatic N) is 1. The van der Waals surface area contributed by atoms with Crippen molar-refractivity contribution in [3.05, 3.63) is 33.7 Å². The van der Waals surface area contributed by atoms with Gasteiger partial charge in [0.25, 0.3) is 5.91 Å². The average Bonchev–Trinajstić information content (AvgIpc) is 2.26. The normalized spacial score (nSPS) is 12.1. The number of hydrogen-bond donors (Lipinski definition) is 1. The number of hydrogen-bond acceptors (Lipinski definition) is 2. The van der Waals surface area contributed by atoms with Gasteiger partial charge >= 0.3 is 6.18 Å². The first kappa shape index (κ1) is 16.3. The Morgan fingerprint density at radius 3 is 2.10 bits per heavy atom. The molecule has 4 nitrogen and oxygen atoms in total. The lowest BCUT2D eigenvalue weighted by molar-refractivity contribution is -0.138. The van der Waals surface area contributed by atoms with Gasteiger partial charge in [-0.05, 0) is 27.7 Å². The van der Waals surface area contributed by atoms with Crippen LogP contribution in [0.25, 0.3) is 0 Å². The monoisotopic (exact) mass is 290 g/mol. The lowest BCUT2D eigenvalue weighted by Gasteiger charge is -2.31. The molecule has 1 N–H and O–H groups in total. The largest absolute Gasteiger partial charge is 0.417 e. The number of halogens is 3. The quantitative estimate of drug-likeness (QED) is 0.930. The van der Waals surface area contributed by atoms with E-state index in [4.69, 9.17) is 0 Å². The van der Waals surface area contributed by atoms with Crippen LogP contribution in [0.5, 0.6) is 0 Å². The van der Waals surface area contributed by atoms with Crippen molar-refractivity contribution in [3.8, 4) is 0 Å². The predicted molar refractivity (Wildman–Crippen MR) is 68.5 cm³/mol. The first-order valence-corrected chi connectivity index (χ1v) is 6.18. The van der Waals surface area contributed by atoms with Crippen LogP contribution in [0.4, 0.5) is 13.2 Å². The molecule has 0 saturated carbocycles. The fraction of sp³-hybridized carbons (Fsp3) is 0.538. The van der Waals surface area contributed by atoms with Crippen molar-refractivity contribution in [1.82, 2.24) is 9.88 Å². The van der Waals surface area contributed by atoms with Gasteiger partial charge in [0.1, 0.15) is 0 Å². The molecule has 1 aromatic heterocycles. The lowest BCUT2D eigenvalue weighted by atomic mass is 10.1. The van der Waals surface area contributed by atoms with E-state index in [-0.39, 0.29) is 12.1 Å². The summed E-state index contributed by atoms with van der Waals surface area (Å²) >= 11 is 0. The van der Waals surface area contributed by atoms with E-state index in [2.05, 4.69) is 4.98 Å². The zero-order valence-electron chi connectivity index (χ0n) is 11.7. The van der Waals surface area contributed by atoms with Crippen molar-refractivity contribution in [1.29, 1.82) is 0 Å². The molecule has 0 aromatic carbocycles. The van der Waals surface area contributed by atoms with Gasteiger partial charge in [0.15, 0.2) is 0 Å². The summed E-state index contributed by atoms with van der Waals surface area (Å²) in [6, 6.07) is -0.0995. The summed E-state index contributed by atoms with van der Waals surface area (Å²) in [5.74, 6) is -0.751. The molecule has 0 bridgehead atoms. The van der Waals surface area contributed by atoms with Crippen LogP contribution in [0.1, 0.15) is 43.6 Å². The van der Waals surface area contributed by atoms with Crippen LogP contribution >= 0.6 is 0 Å². The molecule has 1 amide bonds. The number of aromatic amines is 1. The van der Waals surface area contributed by atoms with Gasteiger partial charge < -0.3 is 9.88 Å². The van der Waals surface area contributed by atoms with Crippen molar-refractivity contribution >= 4 is 5.91 Å². The maximum atomic E-state index is 12.9. The van der Waals surface area contributed by atoms with Crippen LogP contribution in [0.15, 0.2) is 17.1 Å². The minimum atomic E-state index is -4.75. The molecule has 0 aliphatic heterocycles. The lowest BCUT2D eigenvalue weighted by Crippen LogP contribution is -2.43. The summed E-state index contributed by atoms with van der Waals surface area (Å²) < 4.78 is 38.8. The van der Waals surface area contributed by atoms with E-state index >= 15 is 0 Å². The van der Waals surface area contributed by atoms with Gasteiger partial charge in [-0.25, -0.2) is 0 Å². The first-order chi connectivity index (χ1) is 9.05. The highest BCUT2D eigenvalue weighted by atomic mass is 19.4. The van der Waals surface area contributed by atoms with E-state index in [9.17, 15) is 22.8 Å². The van der Waals surface area contributed by atoms with Gasteiger partial charge in [-0.3, -0.25) is 9.59 Å². The number of aromatic nitrogens is 1. The summed E-state index contributed by atoms with van der Waals surface area (Å²) in [6.07, 6.45) is -3.93. The molecule has 20 heavy (non-hydrogen) atoms. The van der Waals surface area contributed by atoms with Crippen molar-refractivity contribution < 1.29 is 18.0 Å². The van der Waals surface area contributed by atoms with E-state index < -0.39 is 28.8 Å². The maximum Gasteiger partial charge on any atom is 0.417 e. The molecule has 1 rings (SSSR count). The third kappa shape index (κ3) is 3.40. The first-order valence-electron chi connectivity index (χ1n) is 6.18. The van der Waals surface area contributed by atoms with Gasteiger partial charge in [0, 0.05) is 24.3 Å². The van der Waals surface area contributed by atoms with Crippen LogP contribution < -0.4 is 5.56 Å². The van der Waals surface area contributed by atoms with Crippen LogP contribution in [0.2, 0.25) is 0 Å². The van der Waals surface area contributed by atoms with Crippen LogP contribution in [0, 0.1) is 0 Å². The Hall–Kier alpha value is -1.79. The molecule has 0 spiro atoms. The smallest absolute Gasteiger partial charge is 0.334 e.